The quantitative estimate of drug-likeness (QED) is 0.457. The molecule has 0 radical (unpaired) electrons. The highest BCUT2D eigenvalue weighted by atomic mass is 16.5. The minimum Gasteiger partial charge on any atom is -0.497 e. The molecule has 2 aromatic carbocycles. The van der Waals surface area contributed by atoms with Crippen LogP contribution in [0.3, 0.4) is 0 Å². The zero-order valence-corrected chi connectivity index (χ0v) is 21.2. The third-order valence-corrected chi connectivity index (χ3v) is 6.45. The average molecular weight is 496 g/mol. The van der Waals surface area contributed by atoms with Crippen molar-refractivity contribution in [2.75, 3.05) is 66.1 Å². The highest BCUT2D eigenvalue weighted by molar-refractivity contribution is 5.95. The Morgan fingerprint density at radius 2 is 1.58 bits per heavy atom. The molecule has 1 N–H and O–H groups in total. The van der Waals surface area contributed by atoms with Gasteiger partial charge in [0.1, 0.15) is 11.5 Å². The molecular weight excluding hydrogens is 462 g/mol. The molecule has 9 heteroatoms. The van der Waals surface area contributed by atoms with E-state index in [-0.39, 0.29) is 11.9 Å². The van der Waals surface area contributed by atoms with Gasteiger partial charge in [-0.05, 0) is 48.5 Å². The molecule has 1 aliphatic rings. The number of ether oxygens (including phenoxy) is 4. The fourth-order valence-electron chi connectivity index (χ4n) is 4.48. The van der Waals surface area contributed by atoms with Crippen molar-refractivity contribution in [3.63, 3.8) is 0 Å². The van der Waals surface area contributed by atoms with Gasteiger partial charge in [0, 0.05) is 44.0 Å². The Balaban J connectivity index is 1.44. The number of anilines is 1. The van der Waals surface area contributed by atoms with Crippen molar-refractivity contribution in [1.29, 1.82) is 0 Å². The molecule has 1 aliphatic heterocycles. The Bertz CT molecular complexity index is 1100. The smallest absolute Gasteiger partial charge is 0.251 e. The lowest BCUT2D eigenvalue weighted by atomic mass is 10.1. The van der Waals surface area contributed by atoms with Crippen LogP contribution in [0.4, 0.5) is 5.69 Å². The molecule has 1 aromatic heterocycles. The second-order valence-corrected chi connectivity index (χ2v) is 8.38. The monoisotopic (exact) mass is 495 g/mol. The third kappa shape index (κ3) is 5.52. The van der Waals surface area contributed by atoms with Crippen LogP contribution in [0.5, 0.6) is 23.0 Å². The predicted octanol–water partition coefficient (Wildman–Crippen LogP) is 3.61. The van der Waals surface area contributed by atoms with Crippen molar-refractivity contribution in [3.8, 4) is 23.0 Å². The fourth-order valence-corrected chi connectivity index (χ4v) is 4.48. The number of hydrogen-bond acceptors (Lipinski definition) is 8. The molecule has 9 nitrogen and oxygen atoms in total. The Morgan fingerprint density at radius 1 is 0.917 bits per heavy atom. The summed E-state index contributed by atoms with van der Waals surface area (Å²) in [6, 6.07) is 15.1. The van der Waals surface area contributed by atoms with Gasteiger partial charge in [-0.3, -0.25) is 9.69 Å². The molecule has 4 rings (SSSR count). The van der Waals surface area contributed by atoms with E-state index in [0.29, 0.717) is 29.4 Å². The van der Waals surface area contributed by atoms with Gasteiger partial charge in [-0.25, -0.2) is 0 Å². The number of amides is 1. The topological polar surface area (TPSA) is 85.6 Å². The highest BCUT2D eigenvalue weighted by Crippen LogP contribution is 2.38. The lowest BCUT2D eigenvalue weighted by molar-refractivity contribution is 0.0922. The number of piperazine rings is 1. The van der Waals surface area contributed by atoms with Crippen molar-refractivity contribution in [1.82, 2.24) is 10.2 Å². The first-order chi connectivity index (χ1) is 17.6. The second-order valence-electron chi connectivity index (χ2n) is 8.38. The van der Waals surface area contributed by atoms with Crippen molar-refractivity contribution in [2.45, 2.75) is 6.04 Å². The maximum atomic E-state index is 13.1. The number of benzene rings is 2. The minimum atomic E-state index is -0.234. The fraction of sp³-hybridized carbons (Fsp3) is 0.370. The third-order valence-electron chi connectivity index (χ3n) is 6.45. The molecule has 0 unspecified atom stereocenters. The summed E-state index contributed by atoms with van der Waals surface area (Å²) in [5, 5.41) is 3.06. The van der Waals surface area contributed by atoms with E-state index in [1.165, 1.54) is 27.0 Å². The predicted molar refractivity (Wildman–Crippen MR) is 137 cm³/mol. The van der Waals surface area contributed by atoms with Gasteiger partial charge in [0.15, 0.2) is 11.5 Å². The molecule has 0 spiro atoms. The first kappa shape index (κ1) is 25.2. The normalized spacial score (nSPS) is 14.7. The van der Waals surface area contributed by atoms with Crippen LogP contribution in [0.1, 0.15) is 22.2 Å². The largest absolute Gasteiger partial charge is 0.497 e. The SMILES string of the molecule is COc1ccc(N2CCN([C@H](CNC(=O)c3cc(OC)c(OC)c(OC)c3)c3ccco3)CC2)cc1. The van der Waals surface area contributed by atoms with Crippen molar-refractivity contribution in [3.05, 3.63) is 66.1 Å². The van der Waals surface area contributed by atoms with Crippen LogP contribution in [0.25, 0.3) is 0 Å². The molecule has 0 saturated carbocycles. The zero-order valence-electron chi connectivity index (χ0n) is 21.2. The Morgan fingerprint density at radius 3 is 2.11 bits per heavy atom. The van der Waals surface area contributed by atoms with E-state index in [1.807, 2.05) is 24.3 Å². The summed E-state index contributed by atoms with van der Waals surface area (Å²) in [5.41, 5.74) is 1.59. The van der Waals surface area contributed by atoms with Crippen LogP contribution in [-0.4, -0.2) is 72.0 Å². The van der Waals surface area contributed by atoms with Crippen LogP contribution in [-0.2, 0) is 0 Å². The van der Waals surface area contributed by atoms with Crippen LogP contribution in [0.2, 0.25) is 0 Å². The number of furan rings is 1. The molecular formula is C27H33N3O6. The van der Waals surface area contributed by atoms with Crippen LogP contribution < -0.4 is 29.2 Å². The van der Waals surface area contributed by atoms with E-state index in [2.05, 4.69) is 27.2 Å². The van der Waals surface area contributed by atoms with Gasteiger partial charge in [-0.2, -0.15) is 0 Å². The molecule has 0 aliphatic carbocycles. The summed E-state index contributed by atoms with van der Waals surface area (Å²) in [6.07, 6.45) is 1.66. The zero-order chi connectivity index (χ0) is 25.5. The standard InChI is InChI=1S/C27H33N3O6/c1-32-21-9-7-20(8-10-21)29-11-13-30(14-12-29)22(23-6-5-15-36-23)18-28-27(31)19-16-24(33-2)26(35-4)25(17-19)34-3/h5-10,15-17,22H,11-14,18H2,1-4H3,(H,28,31)/t22-/m1/s1. The summed E-state index contributed by atoms with van der Waals surface area (Å²) in [7, 11) is 6.25. The number of carbonyl (C=O) groups is 1. The van der Waals surface area contributed by atoms with E-state index < -0.39 is 0 Å². The van der Waals surface area contributed by atoms with E-state index in [0.717, 1.165) is 37.7 Å². The van der Waals surface area contributed by atoms with Gasteiger partial charge >= 0.3 is 0 Å². The Labute approximate surface area is 211 Å². The van der Waals surface area contributed by atoms with Crippen molar-refractivity contribution >= 4 is 11.6 Å². The minimum absolute atomic E-state index is 0.0935. The summed E-state index contributed by atoms with van der Waals surface area (Å²) < 4.78 is 27.2. The van der Waals surface area contributed by atoms with Gasteiger partial charge in [0.05, 0.1) is 40.7 Å². The maximum absolute atomic E-state index is 13.1. The number of carbonyl (C=O) groups excluding carboxylic acids is 1. The highest BCUT2D eigenvalue weighted by Gasteiger charge is 2.28. The summed E-state index contributed by atoms with van der Waals surface area (Å²) >= 11 is 0. The van der Waals surface area contributed by atoms with Gasteiger partial charge < -0.3 is 33.6 Å². The molecule has 36 heavy (non-hydrogen) atoms. The van der Waals surface area contributed by atoms with E-state index in [4.69, 9.17) is 23.4 Å². The summed E-state index contributed by atoms with van der Waals surface area (Å²) in [6.45, 7) is 3.79. The Kier molecular flexibility index (Phi) is 8.22. The van der Waals surface area contributed by atoms with Gasteiger partial charge in [-0.1, -0.05) is 0 Å². The van der Waals surface area contributed by atoms with E-state index in [1.54, 1.807) is 25.5 Å². The van der Waals surface area contributed by atoms with Crippen molar-refractivity contribution in [2.24, 2.45) is 0 Å². The van der Waals surface area contributed by atoms with Gasteiger partial charge in [0.25, 0.3) is 5.91 Å². The van der Waals surface area contributed by atoms with E-state index >= 15 is 0 Å². The molecule has 3 aromatic rings. The van der Waals surface area contributed by atoms with E-state index in [9.17, 15) is 4.79 Å². The van der Waals surface area contributed by atoms with Crippen LogP contribution >= 0.6 is 0 Å². The lowest BCUT2D eigenvalue weighted by Crippen LogP contribution is -2.49. The number of nitrogens with zero attached hydrogens (tertiary/aromatic N) is 2. The molecule has 1 atom stereocenters. The second kappa shape index (κ2) is 11.7. The number of hydrogen-bond donors (Lipinski definition) is 1. The van der Waals surface area contributed by atoms with Crippen LogP contribution in [0, 0.1) is 0 Å². The molecule has 1 fully saturated rings. The number of methoxy groups -OCH3 is 4. The molecule has 192 valence electrons. The van der Waals surface area contributed by atoms with Crippen LogP contribution in [0.15, 0.2) is 59.2 Å². The Hall–Kier alpha value is -3.85. The molecule has 1 saturated heterocycles. The summed E-state index contributed by atoms with van der Waals surface area (Å²) in [4.78, 5) is 17.8. The van der Waals surface area contributed by atoms with Crippen molar-refractivity contribution < 1.29 is 28.2 Å². The van der Waals surface area contributed by atoms with Gasteiger partial charge in [0.2, 0.25) is 5.75 Å². The molecule has 0 bridgehead atoms. The average Bonchev–Trinajstić information content (AvgIpc) is 3.47. The lowest BCUT2D eigenvalue weighted by Gasteiger charge is -2.39. The van der Waals surface area contributed by atoms with Gasteiger partial charge in [-0.15, -0.1) is 0 Å². The summed E-state index contributed by atoms with van der Waals surface area (Å²) in [5.74, 6) is 2.73. The first-order valence-electron chi connectivity index (χ1n) is 11.8. The number of nitrogens with one attached hydrogen (secondary N) is 1. The number of rotatable bonds is 10. The first-order valence-corrected chi connectivity index (χ1v) is 11.8. The molecule has 2 heterocycles. The maximum Gasteiger partial charge on any atom is 0.251 e. The molecule has 1 amide bonds.